The zero-order chi connectivity index (χ0) is 13.5. The summed E-state index contributed by atoms with van der Waals surface area (Å²) in [6, 6.07) is 3.29. The lowest BCUT2D eigenvalue weighted by Crippen LogP contribution is -2.27. The lowest BCUT2D eigenvalue weighted by molar-refractivity contribution is 0.574. The smallest absolute Gasteiger partial charge is 0.240 e. The molecule has 1 aromatic carbocycles. The average Bonchev–Trinajstić information content (AvgIpc) is 2.97. The molecule has 1 aliphatic carbocycles. The quantitative estimate of drug-likeness (QED) is 0.831. The Kier molecular flexibility index (Phi) is 3.71. The van der Waals surface area contributed by atoms with Crippen molar-refractivity contribution in [3.63, 3.8) is 0 Å². The molecule has 0 aliphatic heterocycles. The second-order valence-corrected chi connectivity index (χ2v) is 7.59. The molecule has 18 heavy (non-hydrogen) atoms. The molecular weight excluding hydrogens is 316 g/mol. The van der Waals surface area contributed by atoms with Gasteiger partial charge in [-0.15, -0.1) is 0 Å². The second-order valence-electron chi connectivity index (χ2n) is 4.94. The highest BCUT2D eigenvalue weighted by Gasteiger charge is 2.33. The third kappa shape index (κ3) is 2.87. The van der Waals surface area contributed by atoms with Gasteiger partial charge < -0.3 is 5.73 Å². The Morgan fingerprint density at radius 1 is 1.50 bits per heavy atom. The van der Waals surface area contributed by atoms with Crippen LogP contribution in [0, 0.1) is 18.8 Å². The summed E-state index contributed by atoms with van der Waals surface area (Å²) in [5.41, 5.74) is 6.85. The predicted molar refractivity (Wildman–Crippen MR) is 75.8 cm³/mol. The standard InChI is InChI=1S/C12H17BrN2O2S/c1-7-3-9(7)6-15-18(16,17)12-5-10(13)4-11(14)8(12)2/h4-5,7,9,15H,3,6,14H2,1-2H3. The number of rotatable bonds is 4. The third-order valence-corrected chi connectivity index (χ3v) is 5.47. The van der Waals surface area contributed by atoms with Crippen molar-refractivity contribution in [2.24, 2.45) is 11.8 Å². The first-order valence-corrected chi connectivity index (χ1v) is 8.14. The van der Waals surface area contributed by atoms with Crippen LogP contribution in [-0.4, -0.2) is 15.0 Å². The molecule has 0 amide bonds. The van der Waals surface area contributed by atoms with E-state index in [4.69, 9.17) is 5.73 Å². The van der Waals surface area contributed by atoms with Crippen LogP contribution >= 0.6 is 15.9 Å². The summed E-state index contributed by atoms with van der Waals surface area (Å²) >= 11 is 3.27. The molecule has 0 radical (unpaired) electrons. The van der Waals surface area contributed by atoms with E-state index in [9.17, 15) is 8.42 Å². The fraction of sp³-hybridized carbons (Fsp3) is 0.500. The lowest BCUT2D eigenvalue weighted by Gasteiger charge is -2.11. The number of benzene rings is 1. The highest BCUT2D eigenvalue weighted by Crippen LogP contribution is 2.37. The zero-order valence-corrected chi connectivity index (χ0v) is 12.8. The van der Waals surface area contributed by atoms with Crippen molar-refractivity contribution in [3.05, 3.63) is 22.2 Å². The van der Waals surface area contributed by atoms with Crippen LogP contribution in [0.2, 0.25) is 0 Å². The summed E-state index contributed by atoms with van der Waals surface area (Å²) in [4.78, 5) is 0.252. The topological polar surface area (TPSA) is 72.2 Å². The zero-order valence-electron chi connectivity index (χ0n) is 10.4. The molecule has 1 saturated carbocycles. The van der Waals surface area contributed by atoms with Gasteiger partial charge in [0, 0.05) is 16.7 Å². The number of hydrogen-bond acceptors (Lipinski definition) is 3. The van der Waals surface area contributed by atoms with Crippen LogP contribution in [0.25, 0.3) is 0 Å². The van der Waals surface area contributed by atoms with Crippen molar-refractivity contribution in [1.29, 1.82) is 0 Å². The van der Waals surface area contributed by atoms with Gasteiger partial charge in [0.15, 0.2) is 0 Å². The predicted octanol–water partition coefficient (Wildman–Crippen LogP) is 2.27. The van der Waals surface area contributed by atoms with Gasteiger partial charge in [0.1, 0.15) is 0 Å². The summed E-state index contributed by atoms with van der Waals surface area (Å²) in [5.74, 6) is 1.10. The minimum atomic E-state index is -3.47. The number of nitrogens with two attached hydrogens (primary N) is 1. The van der Waals surface area contributed by atoms with Gasteiger partial charge in [0.05, 0.1) is 4.90 Å². The maximum atomic E-state index is 12.2. The van der Waals surface area contributed by atoms with E-state index in [1.807, 2.05) is 0 Å². The lowest BCUT2D eigenvalue weighted by atomic mass is 10.2. The molecule has 1 aliphatic rings. The van der Waals surface area contributed by atoms with Crippen molar-refractivity contribution >= 4 is 31.6 Å². The summed E-state index contributed by atoms with van der Waals surface area (Å²) in [6.07, 6.45) is 1.10. The molecule has 0 saturated heterocycles. The van der Waals surface area contributed by atoms with Crippen LogP contribution in [-0.2, 0) is 10.0 Å². The SMILES string of the molecule is Cc1c(N)cc(Br)cc1S(=O)(=O)NCC1CC1C. The fourth-order valence-electron chi connectivity index (χ4n) is 1.93. The Morgan fingerprint density at radius 2 is 2.11 bits per heavy atom. The summed E-state index contributed by atoms with van der Waals surface area (Å²) in [7, 11) is -3.47. The van der Waals surface area contributed by atoms with E-state index in [0.717, 1.165) is 6.42 Å². The molecule has 2 atom stereocenters. The molecule has 100 valence electrons. The molecule has 1 aromatic rings. The normalized spacial score (nSPS) is 23.1. The molecule has 1 fully saturated rings. The first-order valence-electron chi connectivity index (χ1n) is 5.86. The molecule has 0 heterocycles. The van der Waals surface area contributed by atoms with Crippen LogP contribution in [0.1, 0.15) is 18.9 Å². The van der Waals surface area contributed by atoms with E-state index in [1.165, 1.54) is 0 Å². The second kappa shape index (κ2) is 4.83. The maximum absolute atomic E-state index is 12.2. The van der Waals surface area contributed by atoms with E-state index in [2.05, 4.69) is 27.6 Å². The van der Waals surface area contributed by atoms with E-state index >= 15 is 0 Å². The van der Waals surface area contributed by atoms with Crippen LogP contribution in [0.3, 0.4) is 0 Å². The number of anilines is 1. The van der Waals surface area contributed by atoms with Crippen molar-refractivity contribution in [2.45, 2.75) is 25.2 Å². The average molecular weight is 333 g/mol. The van der Waals surface area contributed by atoms with E-state index in [1.54, 1.807) is 19.1 Å². The van der Waals surface area contributed by atoms with Crippen LogP contribution in [0.15, 0.2) is 21.5 Å². The van der Waals surface area contributed by atoms with Crippen LogP contribution in [0.5, 0.6) is 0 Å². The first kappa shape index (κ1) is 13.8. The number of nitrogen functional groups attached to an aromatic ring is 1. The molecule has 4 nitrogen and oxygen atoms in total. The van der Waals surface area contributed by atoms with Gasteiger partial charge in [-0.2, -0.15) is 0 Å². The monoisotopic (exact) mass is 332 g/mol. The fourth-order valence-corrected chi connectivity index (χ4v) is 3.95. The Hall–Kier alpha value is -0.590. The number of sulfonamides is 1. The van der Waals surface area contributed by atoms with Crippen molar-refractivity contribution < 1.29 is 8.42 Å². The molecule has 0 spiro atoms. The summed E-state index contributed by atoms with van der Waals surface area (Å²) < 4.78 is 27.7. The van der Waals surface area contributed by atoms with Gasteiger partial charge in [-0.25, -0.2) is 13.1 Å². The van der Waals surface area contributed by atoms with E-state index < -0.39 is 10.0 Å². The number of nitrogens with one attached hydrogen (secondary N) is 1. The Balaban J connectivity index is 2.23. The summed E-state index contributed by atoms with van der Waals surface area (Å²) in [5, 5.41) is 0. The largest absolute Gasteiger partial charge is 0.398 e. The molecule has 2 unspecified atom stereocenters. The highest BCUT2D eigenvalue weighted by atomic mass is 79.9. The Morgan fingerprint density at radius 3 is 2.67 bits per heavy atom. The van der Waals surface area contributed by atoms with Gasteiger partial charge in [-0.05, 0) is 42.9 Å². The molecule has 2 rings (SSSR count). The van der Waals surface area contributed by atoms with Gasteiger partial charge in [-0.1, -0.05) is 22.9 Å². The minimum absolute atomic E-state index is 0.252. The van der Waals surface area contributed by atoms with Crippen LogP contribution in [0.4, 0.5) is 5.69 Å². The molecule has 3 N–H and O–H groups in total. The van der Waals surface area contributed by atoms with E-state index in [-0.39, 0.29) is 4.90 Å². The highest BCUT2D eigenvalue weighted by molar-refractivity contribution is 9.10. The van der Waals surface area contributed by atoms with Gasteiger partial charge >= 0.3 is 0 Å². The van der Waals surface area contributed by atoms with Gasteiger partial charge in [0.2, 0.25) is 10.0 Å². The maximum Gasteiger partial charge on any atom is 0.240 e. The molecular formula is C12H17BrN2O2S. The number of halogens is 1. The van der Waals surface area contributed by atoms with Crippen molar-refractivity contribution in [2.75, 3.05) is 12.3 Å². The first-order chi connectivity index (χ1) is 8.31. The minimum Gasteiger partial charge on any atom is -0.398 e. The Bertz CT molecular complexity index is 572. The summed E-state index contributed by atoms with van der Waals surface area (Å²) in [6.45, 7) is 4.35. The third-order valence-electron chi connectivity index (χ3n) is 3.47. The number of hydrogen-bond donors (Lipinski definition) is 2. The van der Waals surface area contributed by atoms with Crippen LogP contribution < -0.4 is 10.5 Å². The Labute approximate surface area is 116 Å². The molecule has 6 heteroatoms. The van der Waals surface area contributed by atoms with Crippen molar-refractivity contribution in [1.82, 2.24) is 4.72 Å². The molecule has 0 bridgehead atoms. The van der Waals surface area contributed by atoms with E-state index in [0.29, 0.717) is 34.1 Å². The van der Waals surface area contributed by atoms with Gasteiger partial charge in [0.25, 0.3) is 0 Å². The molecule has 0 aromatic heterocycles. The van der Waals surface area contributed by atoms with Gasteiger partial charge in [-0.3, -0.25) is 0 Å². The van der Waals surface area contributed by atoms with Crippen molar-refractivity contribution in [3.8, 4) is 0 Å².